The van der Waals surface area contributed by atoms with Gasteiger partial charge < -0.3 is 10.1 Å². The fourth-order valence-corrected chi connectivity index (χ4v) is 1.99. The number of carbonyl (C=O) groups is 1. The topological polar surface area (TPSA) is 64.1 Å². The highest BCUT2D eigenvalue weighted by molar-refractivity contribution is 9.10. The van der Waals surface area contributed by atoms with Gasteiger partial charge in [-0.1, -0.05) is 27.5 Å². The van der Waals surface area contributed by atoms with Crippen LogP contribution in [-0.4, -0.2) is 22.5 Å². The summed E-state index contributed by atoms with van der Waals surface area (Å²) in [5.74, 6) is -0.247. The van der Waals surface area contributed by atoms with E-state index >= 15 is 0 Å². The van der Waals surface area contributed by atoms with Crippen molar-refractivity contribution in [3.63, 3.8) is 0 Å². The van der Waals surface area contributed by atoms with Crippen molar-refractivity contribution in [2.24, 2.45) is 0 Å². The number of ether oxygens (including phenoxy) is 1. The Bertz CT molecular complexity index is 620. The lowest BCUT2D eigenvalue weighted by Crippen LogP contribution is -2.11. The maximum Gasteiger partial charge on any atom is 0.345 e. The highest BCUT2D eigenvalue weighted by Gasteiger charge is 2.19. The maximum absolute atomic E-state index is 11.9. The number of hydrogen-bond donors (Lipinski definition) is 1. The molecule has 0 spiro atoms. The Labute approximate surface area is 129 Å². The Balaban J connectivity index is 2.34. The molecule has 0 saturated heterocycles. The van der Waals surface area contributed by atoms with E-state index in [0.29, 0.717) is 5.82 Å². The summed E-state index contributed by atoms with van der Waals surface area (Å²) in [6.07, 6.45) is 1.28. The van der Waals surface area contributed by atoms with Gasteiger partial charge in [0.1, 0.15) is 22.9 Å². The van der Waals surface area contributed by atoms with Crippen molar-refractivity contribution in [1.82, 2.24) is 9.97 Å². The monoisotopic (exact) mass is 355 g/mol. The molecule has 1 heterocycles. The molecule has 0 saturated carbocycles. The fourth-order valence-electron chi connectivity index (χ4n) is 1.51. The van der Waals surface area contributed by atoms with Crippen molar-refractivity contribution in [3.05, 3.63) is 45.8 Å². The molecule has 20 heavy (non-hydrogen) atoms. The number of nitrogens with one attached hydrogen (secondary N) is 1. The summed E-state index contributed by atoms with van der Waals surface area (Å²) < 4.78 is 5.91. The van der Waals surface area contributed by atoms with Crippen LogP contribution in [0.25, 0.3) is 0 Å². The molecule has 104 valence electrons. The zero-order valence-electron chi connectivity index (χ0n) is 10.6. The number of hydrogen-bond acceptors (Lipinski definition) is 5. The van der Waals surface area contributed by atoms with Crippen LogP contribution < -0.4 is 5.32 Å². The van der Waals surface area contributed by atoms with Crippen molar-refractivity contribution in [1.29, 1.82) is 0 Å². The summed E-state index contributed by atoms with van der Waals surface area (Å²) >= 11 is 9.30. The first-order chi connectivity index (χ1) is 9.61. The molecule has 0 fully saturated rings. The second-order valence-electron chi connectivity index (χ2n) is 3.74. The van der Waals surface area contributed by atoms with Gasteiger partial charge in [-0.05, 0) is 31.2 Å². The molecule has 1 aromatic carbocycles. The molecule has 1 aromatic heterocycles. The van der Waals surface area contributed by atoms with Crippen LogP contribution in [0.5, 0.6) is 0 Å². The lowest BCUT2D eigenvalue weighted by Gasteiger charge is -2.11. The molecule has 1 N–H and O–H groups in total. The molecule has 5 nitrogen and oxygen atoms in total. The summed E-state index contributed by atoms with van der Waals surface area (Å²) in [6, 6.07) is 7.42. The minimum Gasteiger partial charge on any atom is -0.462 e. The van der Waals surface area contributed by atoms with Crippen LogP contribution in [-0.2, 0) is 4.74 Å². The van der Waals surface area contributed by atoms with Crippen molar-refractivity contribution >= 4 is 45.0 Å². The molecule has 0 atom stereocenters. The van der Waals surface area contributed by atoms with E-state index < -0.39 is 5.97 Å². The van der Waals surface area contributed by atoms with Crippen molar-refractivity contribution in [2.45, 2.75) is 6.92 Å². The van der Waals surface area contributed by atoms with E-state index in [0.717, 1.165) is 10.2 Å². The van der Waals surface area contributed by atoms with Gasteiger partial charge in [-0.25, -0.2) is 14.8 Å². The highest BCUT2D eigenvalue weighted by Crippen LogP contribution is 2.25. The Hall–Kier alpha value is -1.66. The van der Waals surface area contributed by atoms with Crippen molar-refractivity contribution in [3.8, 4) is 0 Å². The quantitative estimate of drug-likeness (QED) is 0.666. The van der Waals surface area contributed by atoms with Crippen LogP contribution in [0.4, 0.5) is 11.5 Å². The minimum absolute atomic E-state index is 0.0538. The lowest BCUT2D eigenvalue weighted by molar-refractivity contribution is 0.0527. The average Bonchev–Trinajstić information content (AvgIpc) is 2.42. The van der Waals surface area contributed by atoms with Crippen LogP contribution in [0.1, 0.15) is 17.3 Å². The van der Waals surface area contributed by atoms with Crippen LogP contribution >= 0.6 is 27.5 Å². The van der Waals surface area contributed by atoms with Gasteiger partial charge in [0, 0.05) is 10.2 Å². The second kappa shape index (κ2) is 6.67. The molecule has 2 aromatic rings. The molecule has 0 amide bonds. The van der Waals surface area contributed by atoms with Gasteiger partial charge in [-0.2, -0.15) is 0 Å². The molecular weight excluding hydrogens is 346 g/mol. The predicted molar refractivity (Wildman–Crippen MR) is 80.4 cm³/mol. The van der Waals surface area contributed by atoms with E-state index in [4.69, 9.17) is 16.3 Å². The van der Waals surface area contributed by atoms with Crippen molar-refractivity contribution in [2.75, 3.05) is 11.9 Å². The van der Waals surface area contributed by atoms with Gasteiger partial charge in [0.15, 0.2) is 0 Å². The van der Waals surface area contributed by atoms with Crippen LogP contribution in [0.15, 0.2) is 35.1 Å². The Kier molecular flexibility index (Phi) is 4.92. The molecule has 0 bridgehead atoms. The molecule has 0 unspecified atom stereocenters. The summed E-state index contributed by atoms with van der Waals surface area (Å²) in [6.45, 7) is 1.97. The van der Waals surface area contributed by atoms with E-state index in [1.807, 2.05) is 24.3 Å². The highest BCUT2D eigenvalue weighted by atomic mass is 79.9. The first-order valence-corrected chi connectivity index (χ1v) is 6.99. The number of anilines is 2. The van der Waals surface area contributed by atoms with E-state index in [9.17, 15) is 4.79 Å². The first kappa shape index (κ1) is 14.7. The minimum atomic E-state index is -0.558. The summed E-state index contributed by atoms with van der Waals surface area (Å²) in [5.41, 5.74) is 0.896. The summed E-state index contributed by atoms with van der Waals surface area (Å²) in [7, 11) is 0. The van der Waals surface area contributed by atoms with Crippen molar-refractivity contribution < 1.29 is 9.53 Å². The standard InChI is InChI=1S/C13H11BrClN3O2/c1-2-20-13(19)10-11(15)16-7-17-12(10)18-9-5-3-8(14)4-6-9/h3-7H,2H2,1H3,(H,16,17,18). The van der Waals surface area contributed by atoms with Gasteiger partial charge in [0.05, 0.1) is 6.61 Å². The second-order valence-corrected chi connectivity index (χ2v) is 5.01. The number of esters is 1. The molecule has 2 rings (SSSR count). The van der Waals surface area contributed by atoms with E-state index in [2.05, 4.69) is 31.2 Å². The van der Waals surface area contributed by atoms with Crippen LogP contribution in [0, 0.1) is 0 Å². The maximum atomic E-state index is 11.9. The molecular formula is C13H11BrClN3O2. The fraction of sp³-hybridized carbons (Fsp3) is 0.154. The smallest absolute Gasteiger partial charge is 0.345 e. The Morgan fingerprint density at radius 1 is 1.35 bits per heavy atom. The number of nitrogens with zero attached hydrogens (tertiary/aromatic N) is 2. The molecule has 0 aliphatic carbocycles. The zero-order chi connectivity index (χ0) is 14.5. The van der Waals surface area contributed by atoms with Gasteiger partial charge in [0.2, 0.25) is 0 Å². The molecule has 7 heteroatoms. The number of carbonyl (C=O) groups excluding carboxylic acids is 1. The molecule has 0 radical (unpaired) electrons. The molecule has 0 aliphatic heterocycles. The average molecular weight is 357 g/mol. The molecule has 0 aliphatic rings. The Morgan fingerprint density at radius 2 is 2.05 bits per heavy atom. The third-order valence-corrected chi connectivity index (χ3v) is 3.20. The van der Waals surface area contributed by atoms with E-state index in [-0.39, 0.29) is 17.3 Å². The van der Waals surface area contributed by atoms with E-state index in [1.54, 1.807) is 6.92 Å². The summed E-state index contributed by atoms with van der Waals surface area (Å²) in [5, 5.41) is 3.08. The number of halogens is 2. The zero-order valence-corrected chi connectivity index (χ0v) is 12.9. The van der Waals surface area contributed by atoms with Crippen LogP contribution in [0.3, 0.4) is 0 Å². The third kappa shape index (κ3) is 3.46. The van der Waals surface area contributed by atoms with Gasteiger partial charge in [0.25, 0.3) is 0 Å². The number of benzene rings is 1. The van der Waals surface area contributed by atoms with Gasteiger partial charge >= 0.3 is 5.97 Å². The largest absolute Gasteiger partial charge is 0.462 e. The third-order valence-electron chi connectivity index (χ3n) is 2.39. The predicted octanol–water partition coefficient (Wildman–Crippen LogP) is 3.81. The SMILES string of the molecule is CCOC(=O)c1c(Cl)ncnc1Nc1ccc(Br)cc1. The first-order valence-electron chi connectivity index (χ1n) is 5.82. The van der Waals surface area contributed by atoms with Gasteiger partial charge in [-0.15, -0.1) is 0 Å². The normalized spacial score (nSPS) is 10.2. The van der Waals surface area contributed by atoms with Crippen LogP contribution in [0.2, 0.25) is 5.15 Å². The van der Waals surface area contributed by atoms with Gasteiger partial charge in [-0.3, -0.25) is 0 Å². The summed E-state index contributed by atoms with van der Waals surface area (Å²) in [4.78, 5) is 19.7. The number of aromatic nitrogens is 2. The number of rotatable bonds is 4. The van der Waals surface area contributed by atoms with E-state index in [1.165, 1.54) is 6.33 Å². The lowest BCUT2D eigenvalue weighted by atomic mass is 10.2. The Morgan fingerprint density at radius 3 is 2.70 bits per heavy atom.